The minimum absolute atomic E-state index is 0.0196. The van der Waals surface area contributed by atoms with Gasteiger partial charge in [0.25, 0.3) is 0 Å². The average Bonchev–Trinajstić information content (AvgIpc) is 3.29. The summed E-state index contributed by atoms with van der Waals surface area (Å²) in [5.74, 6) is -0.144. The van der Waals surface area contributed by atoms with Crippen LogP contribution in [0.4, 0.5) is 5.69 Å². The molecule has 1 heterocycles. The van der Waals surface area contributed by atoms with E-state index in [1.807, 2.05) is 13.8 Å². The Morgan fingerprint density at radius 3 is 2.33 bits per heavy atom. The molecule has 12 heteroatoms. The van der Waals surface area contributed by atoms with Crippen molar-refractivity contribution in [2.24, 2.45) is 0 Å². The van der Waals surface area contributed by atoms with Crippen LogP contribution in [0.25, 0.3) is 0 Å². The second kappa shape index (κ2) is 11.6. The third-order valence-corrected chi connectivity index (χ3v) is 7.73. The Kier molecular flexibility index (Phi) is 8.97. The summed E-state index contributed by atoms with van der Waals surface area (Å²) in [7, 11) is -3.89. The number of ether oxygens (including phenoxy) is 2. The highest BCUT2D eigenvalue weighted by Crippen LogP contribution is 2.36. The van der Waals surface area contributed by atoms with Gasteiger partial charge in [-0.25, -0.2) is 8.42 Å². The average molecular weight is 558 g/mol. The molecule has 1 aliphatic heterocycles. The van der Waals surface area contributed by atoms with Crippen molar-refractivity contribution in [3.8, 4) is 11.5 Å². The number of benzene rings is 2. The zero-order valence-corrected chi connectivity index (χ0v) is 22.8. The molecule has 36 heavy (non-hydrogen) atoms. The van der Waals surface area contributed by atoms with E-state index >= 15 is 0 Å². The summed E-state index contributed by atoms with van der Waals surface area (Å²) in [6, 6.07) is 8.48. The van der Waals surface area contributed by atoms with Crippen molar-refractivity contribution in [3.63, 3.8) is 0 Å². The van der Waals surface area contributed by atoms with Gasteiger partial charge in [0.15, 0.2) is 11.5 Å². The number of hydrogen-bond acceptors (Lipinski definition) is 6. The van der Waals surface area contributed by atoms with Crippen LogP contribution in [0, 0.1) is 0 Å². The van der Waals surface area contributed by atoms with Crippen LogP contribution in [0.15, 0.2) is 36.4 Å². The van der Waals surface area contributed by atoms with Gasteiger partial charge in [0.1, 0.15) is 12.6 Å². The molecule has 1 N–H and O–H groups in total. The van der Waals surface area contributed by atoms with Crippen LogP contribution >= 0.6 is 23.2 Å². The molecule has 1 aliphatic rings. The third-order valence-electron chi connectivity index (χ3n) is 5.88. The molecule has 0 fully saturated rings. The van der Waals surface area contributed by atoms with Gasteiger partial charge >= 0.3 is 0 Å². The molecule has 2 aromatic rings. The lowest BCUT2D eigenvalue weighted by Gasteiger charge is -2.32. The number of anilines is 1. The van der Waals surface area contributed by atoms with Crippen LogP contribution < -0.4 is 19.1 Å². The van der Waals surface area contributed by atoms with E-state index in [-0.39, 0.29) is 31.0 Å². The number of hydrogen-bond donors (Lipinski definition) is 1. The largest absolute Gasteiger partial charge is 0.454 e. The van der Waals surface area contributed by atoms with Gasteiger partial charge in [0, 0.05) is 34.3 Å². The zero-order chi connectivity index (χ0) is 26.6. The zero-order valence-electron chi connectivity index (χ0n) is 20.5. The third kappa shape index (κ3) is 6.54. The van der Waals surface area contributed by atoms with E-state index in [1.165, 1.54) is 17.0 Å². The first-order valence-electron chi connectivity index (χ1n) is 11.3. The van der Waals surface area contributed by atoms with Crippen molar-refractivity contribution in [3.05, 3.63) is 52.0 Å². The molecule has 0 unspecified atom stereocenters. The molecule has 196 valence electrons. The summed E-state index contributed by atoms with van der Waals surface area (Å²) in [5.41, 5.74) is 0.675. The van der Waals surface area contributed by atoms with E-state index in [9.17, 15) is 18.0 Å². The van der Waals surface area contributed by atoms with E-state index in [2.05, 4.69) is 5.32 Å². The molecule has 0 aromatic heterocycles. The molecule has 2 amide bonds. The quantitative estimate of drug-likeness (QED) is 0.476. The molecule has 0 spiro atoms. The van der Waals surface area contributed by atoms with Crippen LogP contribution in [0.5, 0.6) is 11.5 Å². The van der Waals surface area contributed by atoms with Gasteiger partial charge in [-0.2, -0.15) is 0 Å². The van der Waals surface area contributed by atoms with Crippen molar-refractivity contribution in [2.75, 3.05) is 23.9 Å². The normalized spacial score (nSPS) is 14.2. The van der Waals surface area contributed by atoms with Crippen LogP contribution in [0.1, 0.15) is 32.8 Å². The Morgan fingerprint density at radius 2 is 1.72 bits per heavy atom. The highest BCUT2D eigenvalue weighted by molar-refractivity contribution is 7.92. The fourth-order valence-electron chi connectivity index (χ4n) is 3.56. The van der Waals surface area contributed by atoms with Crippen LogP contribution in [-0.4, -0.2) is 56.8 Å². The van der Waals surface area contributed by atoms with Crippen molar-refractivity contribution in [2.45, 2.75) is 45.8 Å². The lowest BCUT2D eigenvalue weighted by Crippen LogP contribution is -2.52. The number of fused-ring (bicyclic) bond motifs is 1. The SMILES string of the molecule is CC[C@H](C)NC(=O)[C@@H](C)N(Cc1c(Cl)cccc1Cl)C(=O)CN(c1ccc2c(c1)OCO2)S(C)(=O)=O. The molecule has 0 saturated heterocycles. The van der Waals surface area contributed by atoms with Crippen LogP contribution in [-0.2, 0) is 26.2 Å². The summed E-state index contributed by atoms with van der Waals surface area (Å²) in [5, 5.41) is 3.51. The smallest absolute Gasteiger partial charge is 0.244 e. The number of carbonyl (C=O) groups is 2. The minimum atomic E-state index is -3.89. The lowest BCUT2D eigenvalue weighted by molar-refractivity contribution is -0.139. The fraction of sp³-hybridized carbons (Fsp3) is 0.417. The molecule has 0 bridgehead atoms. The maximum atomic E-state index is 13.6. The number of carbonyl (C=O) groups excluding carboxylic acids is 2. The number of sulfonamides is 1. The van der Waals surface area contributed by atoms with E-state index in [1.54, 1.807) is 31.2 Å². The fourth-order valence-corrected chi connectivity index (χ4v) is 4.91. The van der Waals surface area contributed by atoms with Gasteiger partial charge in [-0.3, -0.25) is 13.9 Å². The first kappa shape index (κ1) is 27.9. The summed E-state index contributed by atoms with van der Waals surface area (Å²) in [6.07, 6.45) is 1.70. The Hall–Kier alpha value is -2.69. The summed E-state index contributed by atoms with van der Waals surface area (Å²) in [4.78, 5) is 27.9. The Bertz CT molecular complexity index is 1220. The van der Waals surface area contributed by atoms with Gasteiger partial charge in [-0.15, -0.1) is 0 Å². The van der Waals surface area contributed by atoms with Crippen LogP contribution in [0.2, 0.25) is 10.0 Å². The predicted octanol–water partition coefficient (Wildman–Crippen LogP) is 3.82. The minimum Gasteiger partial charge on any atom is -0.454 e. The predicted molar refractivity (Wildman–Crippen MR) is 139 cm³/mol. The number of nitrogens with one attached hydrogen (secondary N) is 1. The number of rotatable bonds is 10. The molecular formula is C24H29Cl2N3O6S. The van der Waals surface area contributed by atoms with Crippen molar-refractivity contribution < 1.29 is 27.5 Å². The Morgan fingerprint density at radius 1 is 1.08 bits per heavy atom. The number of amides is 2. The molecular weight excluding hydrogens is 529 g/mol. The second-order valence-electron chi connectivity index (χ2n) is 8.52. The van der Waals surface area contributed by atoms with Gasteiger partial charge in [0.05, 0.1) is 11.9 Å². The molecule has 0 radical (unpaired) electrons. The van der Waals surface area contributed by atoms with Gasteiger partial charge in [0.2, 0.25) is 28.6 Å². The van der Waals surface area contributed by atoms with Crippen molar-refractivity contribution >= 4 is 50.7 Å². The van der Waals surface area contributed by atoms with Gasteiger partial charge in [-0.05, 0) is 44.5 Å². The molecule has 9 nitrogen and oxygen atoms in total. The molecule has 3 rings (SSSR count). The first-order chi connectivity index (χ1) is 16.9. The van der Waals surface area contributed by atoms with Crippen LogP contribution in [0.3, 0.4) is 0 Å². The molecule has 2 aromatic carbocycles. The molecule has 2 atom stereocenters. The lowest BCUT2D eigenvalue weighted by atomic mass is 10.1. The monoisotopic (exact) mass is 557 g/mol. The topological polar surface area (TPSA) is 105 Å². The highest BCUT2D eigenvalue weighted by Gasteiger charge is 2.32. The number of halogens is 2. The Labute approximate surface area is 221 Å². The molecule has 0 saturated carbocycles. The Balaban J connectivity index is 1.95. The maximum absolute atomic E-state index is 13.6. The standard InChI is InChI=1S/C24H29Cl2N3O6S/c1-5-15(2)27-24(31)16(3)28(12-18-19(25)7-6-8-20(18)26)23(30)13-29(36(4,32)33)17-9-10-21-22(11-17)35-14-34-21/h6-11,15-16H,5,12-14H2,1-4H3,(H,27,31)/t15-,16+/m0/s1. The van der Waals surface area contributed by atoms with Crippen molar-refractivity contribution in [1.29, 1.82) is 0 Å². The van der Waals surface area contributed by atoms with Gasteiger partial charge in [-0.1, -0.05) is 36.2 Å². The summed E-state index contributed by atoms with van der Waals surface area (Å²) >= 11 is 12.7. The highest BCUT2D eigenvalue weighted by atomic mass is 35.5. The maximum Gasteiger partial charge on any atom is 0.244 e. The number of nitrogens with zero attached hydrogens (tertiary/aromatic N) is 2. The van der Waals surface area contributed by atoms with E-state index in [0.717, 1.165) is 10.6 Å². The van der Waals surface area contributed by atoms with Crippen molar-refractivity contribution in [1.82, 2.24) is 10.2 Å². The summed E-state index contributed by atoms with van der Waals surface area (Å²) in [6.45, 7) is 4.73. The summed E-state index contributed by atoms with van der Waals surface area (Å²) < 4.78 is 37.0. The second-order valence-corrected chi connectivity index (χ2v) is 11.2. The van der Waals surface area contributed by atoms with Gasteiger partial charge < -0.3 is 19.7 Å². The molecule has 0 aliphatic carbocycles. The van der Waals surface area contributed by atoms with E-state index in [0.29, 0.717) is 33.5 Å². The first-order valence-corrected chi connectivity index (χ1v) is 13.9. The van der Waals surface area contributed by atoms with E-state index in [4.69, 9.17) is 32.7 Å². The van der Waals surface area contributed by atoms with E-state index < -0.39 is 28.5 Å².